The van der Waals surface area contributed by atoms with Gasteiger partial charge in [0, 0.05) is 18.5 Å². The molecule has 0 aliphatic heterocycles. The zero-order chi connectivity index (χ0) is 13.7. The van der Waals surface area contributed by atoms with Gasteiger partial charge in [0.1, 0.15) is 0 Å². The van der Waals surface area contributed by atoms with Crippen molar-refractivity contribution in [3.63, 3.8) is 0 Å². The van der Waals surface area contributed by atoms with E-state index in [4.69, 9.17) is 5.73 Å². The molecule has 0 bridgehead atoms. The van der Waals surface area contributed by atoms with Crippen LogP contribution in [0.4, 0.5) is 0 Å². The molecule has 1 aromatic carbocycles. The van der Waals surface area contributed by atoms with Crippen LogP contribution in [0.1, 0.15) is 38.7 Å². The minimum Gasteiger partial charge on any atom is -0.370 e. The molecular formula is C16H25N3. The number of guanidine groups is 1. The SMILES string of the molecule is CCN(CC)C(N)=NCC1(c2ccccc2)CCC1. The van der Waals surface area contributed by atoms with E-state index in [-0.39, 0.29) is 5.41 Å². The summed E-state index contributed by atoms with van der Waals surface area (Å²) in [5.41, 5.74) is 7.73. The largest absolute Gasteiger partial charge is 0.370 e. The summed E-state index contributed by atoms with van der Waals surface area (Å²) in [4.78, 5) is 6.77. The van der Waals surface area contributed by atoms with Crippen molar-refractivity contribution in [1.82, 2.24) is 4.90 Å². The standard InChI is InChI=1S/C16H25N3/c1-3-19(4-2)15(17)18-13-16(11-8-12-16)14-9-6-5-7-10-14/h5-7,9-10H,3-4,8,11-13H2,1-2H3,(H2,17,18). The van der Waals surface area contributed by atoms with Crippen LogP contribution in [0.3, 0.4) is 0 Å². The Labute approximate surface area is 116 Å². The molecule has 0 aromatic heterocycles. The minimum absolute atomic E-state index is 0.235. The molecule has 0 amide bonds. The molecule has 2 rings (SSSR count). The van der Waals surface area contributed by atoms with Crippen molar-refractivity contribution in [3.8, 4) is 0 Å². The average molecular weight is 259 g/mol. The molecule has 1 aliphatic rings. The predicted molar refractivity (Wildman–Crippen MR) is 81.4 cm³/mol. The third kappa shape index (κ3) is 2.91. The maximum absolute atomic E-state index is 6.08. The van der Waals surface area contributed by atoms with Crippen LogP contribution < -0.4 is 5.73 Å². The highest BCUT2D eigenvalue weighted by Gasteiger charge is 2.38. The number of nitrogens with zero attached hydrogens (tertiary/aromatic N) is 2. The lowest BCUT2D eigenvalue weighted by atomic mass is 9.64. The zero-order valence-electron chi connectivity index (χ0n) is 12.1. The van der Waals surface area contributed by atoms with Crippen LogP contribution in [0.5, 0.6) is 0 Å². The van der Waals surface area contributed by atoms with Gasteiger partial charge < -0.3 is 10.6 Å². The number of hydrogen-bond donors (Lipinski definition) is 1. The van der Waals surface area contributed by atoms with E-state index in [2.05, 4.69) is 54.1 Å². The van der Waals surface area contributed by atoms with Gasteiger partial charge >= 0.3 is 0 Å². The number of benzene rings is 1. The Morgan fingerprint density at radius 1 is 1.21 bits per heavy atom. The Morgan fingerprint density at radius 3 is 2.32 bits per heavy atom. The second-order valence-electron chi connectivity index (χ2n) is 5.35. The molecule has 1 fully saturated rings. The number of hydrogen-bond acceptors (Lipinski definition) is 1. The van der Waals surface area contributed by atoms with Gasteiger partial charge in [-0.15, -0.1) is 0 Å². The summed E-state index contributed by atoms with van der Waals surface area (Å²) in [6.07, 6.45) is 3.76. The molecular weight excluding hydrogens is 234 g/mol. The highest BCUT2D eigenvalue weighted by Crippen LogP contribution is 2.43. The van der Waals surface area contributed by atoms with E-state index in [1.54, 1.807) is 0 Å². The molecule has 3 nitrogen and oxygen atoms in total. The summed E-state index contributed by atoms with van der Waals surface area (Å²) in [6, 6.07) is 10.8. The molecule has 0 heterocycles. The van der Waals surface area contributed by atoms with Gasteiger partial charge in [-0.1, -0.05) is 36.8 Å². The van der Waals surface area contributed by atoms with Gasteiger partial charge in [-0.05, 0) is 32.3 Å². The highest BCUT2D eigenvalue weighted by molar-refractivity contribution is 5.78. The molecule has 2 N–H and O–H groups in total. The molecule has 1 saturated carbocycles. The van der Waals surface area contributed by atoms with Gasteiger partial charge in [0.25, 0.3) is 0 Å². The summed E-state index contributed by atoms with van der Waals surface area (Å²) < 4.78 is 0. The van der Waals surface area contributed by atoms with E-state index in [9.17, 15) is 0 Å². The summed E-state index contributed by atoms with van der Waals surface area (Å²) in [6.45, 7) is 6.89. The molecule has 3 heteroatoms. The van der Waals surface area contributed by atoms with E-state index in [0.29, 0.717) is 5.96 Å². The van der Waals surface area contributed by atoms with Crippen LogP contribution in [0.25, 0.3) is 0 Å². The van der Waals surface area contributed by atoms with Crippen molar-refractivity contribution < 1.29 is 0 Å². The first kappa shape index (κ1) is 13.9. The maximum Gasteiger partial charge on any atom is 0.191 e. The van der Waals surface area contributed by atoms with Crippen molar-refractivity contribution in [1.29, 1.82) is 0 Å². The minimum atomic E-state index is 0.235. The Kier molecular flexibility index (Phi) is 4.46. The van der Waals surface area contributed by atoms with Gasteiger partial charge in [0.2, 0.25) is 0 Å². The molecule has 0 radical (unpaired) electrons. The topological polar surface area (TPSA) is 41.6 Å². The Hall–Kier alpha value is -1.51. The normalized spacial score (nSPS) is 17.9. The van der Waals surface area contributed by atoms with Crippen LogP contribution in [-0.4, -0.2) is 30.5 Å². The summed E-state index contributed by atoms with van der Waals surface area (Å²) >= 11 is 0. The van der Waals surface area contributed by atoms with Crippen LogP contribution in [0, 0.1) is 0 Å². The molecule has 19 heavy (non-hydrogen) atoms. The smallest absolute Gasteiger partial charge is 0.191 e. The van der Waals surface area contributed by atoms with E-state index >= 15 is 0 Å². The lowest BCUT2D eigenvalue weighted by Gasteiger charge is -2.41. The molecule has 0 unspecified atom stereocenters. The highest BCUT2D eigenvalue weighted by atomic mass is 15.2. The van der Waals surface area contributed by atoms with Gasteiger partial charge in [-0.3, -0.25) is 4.99 Å². The lowest BCUT2D eigenvalue weighted by molar-refractivity contribution is 0.252. The average Bonchev–Trinajstić information content (AvgIpc) is 2.40. The van der Waals surface area contributed by atoms with Gasteiger partial charge in [0.15, 0.2) is 5.96 Å². The van der Waals surface area contributed by atoms with Gasteiger partial charge in [0.05, 0.1) is 6.54 Å². The number of nitrogens with two attached hydrogens (primary N) is 1. The van der Waals surface area contributed by atoms with Gasteiger partial charge in [-0.2, -0.15) is 0 Å². The molecule has 0 atom stereocenters. The third-order valence-corrected chi connectivity index (χ3v) is 4.33. The quantitative estimate of drug-likeness (QED) is 0.652. The van der Waals surface area contributed by atoms with Crippen LogP contribution in [0.15, 0.2) is 35.3 Å². The summed E-state index contributed by atoms with van der Waals surface area (Å²) in [7, 11) is 0. The predicted octanol–water partition coefficient (Wildman–Crippen LogP) is 2.76. The van der Waals surface area contributed by atoms with Crippen molar-refractivity contribution >= 4 is 5.96 Å². The molecule has 104 valence electrons. The third-order valence-electron chi connectivity index (χ3n) is 4.33. The monoisotopic (exact) mass is 259 g/mol. The maximum atomic E-state index is 6.08. The molecule has 0 saturated heterocycles. The Bertz CT molecular complexity index is 417. The van der Waals surface area contributed by atoms with E-state index < -0.39 is 0 Å². The van der Waals surface area contributed by atoms with Crippen LogP contribution in [-0.2, 0) is 5.41 Å². The molecule has 1 aliphatic carbocycles. The lowest BCUT2D eigenvalue weighted by Crippen LogP contribution is -2.41. The first-order valence-corrected chi connectivity index (χ1v) is 7.32. The van der Waals surface area contributed by atoms with E-state index in [1.165, 1.54) is 24.8 Å². The Morgan fingerprint density at radius 2 is 1.84 bits per heavy atom. The second kappa shape index (κ2) is 6.09. The molecule has 1 aromatic rings. The summed E-state index contributed by atoms with van der Waals surface area (Å²) in [5.74, 6) is 0.687. The van der Waals surface area contributed by atoms with E-state index in [0.717, 1.165) is 19.6 Å². The second-order valence-corrected chi connectivity index (χ2v) is 5.35. The number of aliphatic imine (C=N–C) groups is 1. The first-order chi connectivity index (χ1) is 9.22. The van der Waals surface area contributed by atoms with Crippen molar-refractivity contribution in [2.24, 2.45) is 10.7 Å². The summed E-state index contributed by atoms with van der Waals surface area (Å²) in [5, 5.41) is 0. The van der Waals surface area contributed by atoms with Crippen molar-refractivity contribution in [2.75, 3.05) is 19.6 Å². The van der Waals surface area contributed by atoms with Crippen LogP contribution in [0.2, 0.25) is 0 Å². The fourth-order valence-corrected chi connectivity index (χ4v) is 2.81. The van der Waals surface area contributed by atoms with Crippen molar-refractivity contribution in [2.45, 2.75) is 38.5 Å². The van der Waals surface area contributed by atoms with Crippen LogP contribution >= 0.6 is 0 Å². The van der Waals surface area contributed by atoms with Crippen molar-refractivity contribution in [3.05, 3.63) is 35.9 Å². The number of rotatable bonds is 5. The first-order valence-electron chi connectivity index (χ1n) is 7.32. The van der Waals surface area contributed by atoms with Gasteiger partial charge in [-0.25, -0.2) is 0 Å². The van der Waals surface area contributed by atoms with E-state index in [1.807, 2.05) is 0 Å². The Balaban J connectivity index is 2.10. The zero-order valence-corrected chi connectivity index (χ0v) is 12.1. The fraction of sp³-hybridized carbons (Fsp3) is 0.562. The molecule has 0 spiro atoms. The fourth-order valence-electron chi connectivity index (χ4n) is 2.81.